The molecule has 1 aliphatic heterocycles. The van der Waals surface area contributed by atoms with Crippen LogP contribution >= 0.6 is 11.8 Å². The number of nitrogens with zero attached hydrogens (tertiary/aromatic N) is 2. The molecule has 0 bridgehead atoms. The van der Waals surface area contributed by atoms with Gasteiger partial charge < -0.3 is 10.4 Å². The van der Waals surface area contributed by atoms with E-state index in [1.807, 2.05) is 41.2 Å². The van der Waals surface area contributed by atoms with Crippen LogP contribution in [-0.4, -0.2) is 37.9 Å². The number of carbonyl (C=O) groups is 1. The first-order valence-corrected chi connectivity index (χ1v) is 8.45. The molecule has 0 aliphatic carbocycles. The maximum atomic E-state index is 12.2. The summed E-state index contributed by atoms with van der Waals surface area (Å²) in [6.45, 7) is 1.09. The minimum Gasteiger partial charge on any atom is -0.379 e. The molecular formula is C16H19N3O2S. The van der Waals surface area contributed by atoms with E-state index < -0.39 is 5.60 Å². The Balaban J connectivity index is 1.66. The van der Waals surface area contributed by atoms with Gasteiger partial charge in [0, 0.05) is 24.7 Å². The summed E-state index contributed by atoms with van der Waals surface area (Å²) in [5.41, 5.74) is 0.946. The lowest BCUT2D eigenvalue weighted by atomic mass is 10.0. The predicted octanol–water partition coefficient (Wildman–Crippen LogP) is 1.42. The van der Waals surface area contributed by atoms with Crippen LogP contribution in [0.1, 0.15) is 17.5 Å². The zero-order valence-electron chi connectivity index (χ0n) is 12.2. The molecule has 6 heteroatoms. The van der Waals surface area contributed by atoms with E-state index in [2.05, 4.69) is 10.4 Å². The zero-order valence-corrected chi connectivity index (χ0v) is 13.1. The minimum atomic E-state index is -1.21. The lowest BCUT2D eigenvalue weighted by Gasteiger charge is -2.20. The predicted molar refractivity (Wildman–Crippen MR) is 86.5 cm³/mol. The van der Waals surface area contributed by atoms with Crippen molar-refractivity contribution in [3.05, 3.63) is 53.9 Å². The molecule has 1 fully saturated rings. The van der Waals surface area contributed by atoms with E-state index in [1.165, 1.54) is 0 Å². The SMILES string of the molecule is O=C(NCc1ccccc1Cn1cccn1)C1(O)CCSC1. The van der Waals surface area contributed by atoms with Crippen LogP contribution in [0.4, 0.5) is 0 Å². The molecular weight excluding hydrogens is 298 g/mol. The van der Waals surface area contributed by atoms with E-state index in [0.29, 0.717) is 25.3 Å². The van der Waals surface area contributed by atoms with Crippen molar-refractivity contribution >= 4 is 17.7 Å². The molecule has 1 aromatic heterocycles. The summed E-state index contributed by atoms with van der Waals surface area (Å²) in [6, 6.07) is 9.84. The average molecular weight is 317 g/mol. The quantitative estimate of drug-likeness (QED) is 0.875. The molecule has 1 unspecified atom stereocenters. The number of aromatic nitrogens is 2. The minimum absolute atomic E-state index is 0.272. The van der Waals surface area contributed by atoms with Gasteiger partial charge in [0.15, 0.2) is 5.60 Å². The number of nitrogens with one attached hydrogen (secondary N) is 1. The van der Waals surface area contributed by atoms with Crippen LogP contribution in [0.25, 0.3) is 0 Å². The summed E-state index contributed by atoms with van der Waals surface area (Å²) < 4.78 is 1.85. The maximum Gasteiger partial charge on any atom is 0.253 e. The second-order valence-corrected chi connectivity index (χ2v) is 6.59. The van der Waals surface area contributed by atoms with Gasteiger partial charge in [0.25, 0.3) is 5.91 Å². The lowest BCUT2D eigenvalue weighted by molar-refractivity contribution is -0.137. The first-order chi connectivity index (χ1) is 10.7. The van der Waals surface area contributed by atoms with Crippen LogP contribution in [0.3, 0.4) is 0 Å². The van der Waals surface area contributed by atoms with Gasteiger partial charge in [-0.05, 0) is 29.4 Å². The molecule has 1 aliphatic rings. The van der Waals surface area contributed by atoms with Gasteiger partial charge in [-0.25, -0.2) is 0 Å². The largest absolute Gasteiger partial charge is 0.379 e. The van der Waals surface area contributed by atoms with Crippen LogP contribution in [0.15, 0.2) is 42.7 Å². The molecule has 1 aromatic carbocycles. The molecule has 1 amide bonds. The summed E-state index contributed by atoms with van der Waals surface area (Å²) in [4.78, 5) is 12.2. The Hall–Kier alpha value is -1.79. The van der Waals surface area contributed by atoms with Gasteiger partial charge in [0.1, 0.15) is 0 Å². The molecule has 5 nitrogen and oxygen atoms in total. The van der Waals surface area contributed by atoms with Crippen LogP contribution in [-0.2, 0) is 17.9 Å². The number of hydrogen-bond acceptors (Lipinski definition) is 4. The van der Waals surface area contributed by atoms with Crippen LogP contribution in [0.5, 0.6) is 0 Å². The number of carbonyl (C=O) groups excluding carboxylic acids is 1. The first-order valence-electron chi connectivity index (χ1n) is 7.30. The van der Waals surface area contributed by atoms with Crippen molar-refractivity contribution in [2.45, 2.75) is 25.1 Å². The highest BCUT2D eigenvalue weighted by molar-refractivity contribution is 7.99. The zero-order chi connectivity index (χ0) is 15.4. The summed E-state index contributed by atoms with van der Waals surface area (Å²) in [7, 11) is 0. The summed E-state index contributed by atoms with van der Waals surface area (Å²) in [5, 5.41) is 17.3. The van der Waals surface area contributed by atoms with Crippen molar-refractivity contribution in [3.8, 4) is 0 Å². The Labute approximate surface area is 133 Å². The van der Waals surface area contributed by atoms with E-state index >= 15 is 0 Å². The summed E-state index contributed by atoms with van der Waals surface area (Å²) in [6.07, 6.45) is 4.18. The second-order valence-electron chi connectivity index (χ2n) is 5.49. The Morgan fingerprint density at radius 1 is 1.36 bits per heavy atom. The van der Waals surface area contributed by atoms with Crippen molar-refractivity contribution in [2.75, 3.05) is 11.5 Å². The fourth-order valence-corrected chi connectivity index (χ4v) is 3.77. The molecule has 1 atom stereocenters. The van der Waals surface area contributed by atoms with E-state index in [4.69, 9.17) is 0 Å². The highest BCUT2D eigenvalue weighted by Crippen LogP contribution is 2.28. The fourth-order valence-electron chi connectivity index (χ4n) is 2.53. The molecule has 116 valence electrons. The third kappa shape index (κ3) is 3.34. The lowest BCUT2D eigenvalue weighted by Crippen LogP contribution is -2.46. The molecule has 0 radical (unpaired) electrons. The fraction of sp³-hybridized carbons (Fsp3) is 0.375. The van der Waals surface area contributed by atoms with E-state index in [0.717, 1.165) is 16.9 Å². The molecule has 2 N–H and O–H groups in total. The van der Waals surface area contributed by atoms with Crippen molar-refractivity contribution in [1.82, 2.24) is 15.1 Å². The summed E-state index contributed by atoms with van der Waals surface area (Å²) in [5.74, 6) is 1.04. The molecule has 3 rings (SSSR count). The third-order valence-electron chi connectivity index (χ3n) is 3.87. The number of rotatable bonds is 5. The van der Waals surface area contributed by atoms with Crippen molar-refractivity contribution in [1.29, 1.82) is 0 Å². The number of benzene rings is 1. The van der Waals surface area contributed by atoms with Gasteiger partial charge in [0.05, 0.1) is 6.54 Å². The molecule has 0 spiro atoms. The number of aliphatic hydroxyl groups is 1. The van der Waals surface area contributed by atoms with Gasteiger partial charge in [0.2, 0.25) is 0 Å². The van der Waals surface area contributed by atoms with Gasteiger partial charge in [-0.1, -0.05) is 24.3 Å². The van der Waals surface area contributed by atoms with Crippen molar-refractivity contribution in [3.63, 3.8) is 0 Å². The van der Waals surface area contributed by atoms with E-state index in [9.17, 15) is 9.90 Å². The van der Waals surface area contributed by atoms with E-state index in [-0.39, 0.29) is 5.91 Å². The van der Waals surface area contributed by atoms with Gasteiger partial charge in [-0.2, -0.15) is 16.9 Å². The normalized spacial score (nSPS) is 21.0. The maximum absolute atomic E-state index is 12.2. The monoisotopic (exact) mass is 317 g/mol. The Bertz CT molecular complexity index is 637. The highest BCUT2D eigenvalue weighted by Gasteiger charge is 2.39. The number of amides is 1. The molecule has 1 saturated heterocycles. The average Bonchev–Trinajstić information content (AvgIpc) is 3.18. The Kier molecular flexibility index (Phi) is 4.49. The van der Waals surface area contributed by atoms with Crippen LogP contribution in [0, 0.1) is 0 Å². The smallest absolute Gasteiger partial charge is 0.253 e. The number of hydrogen-bond donors (Lipinski definition) is 2. The molecule has 2 aromatic rings. The topological polar surface area (TPSA) is 67.2 Å². The number of thioether (sulfide) groups is 1. The molecule has 0 saturated carbocycles. The van der Waals surface area contributed by atoms with Crippen molar-refractivity contribution < 1.29 is 9.90 Å². The Morgan fingerprint density at radius 3 is 2.86 bits per heavy atom. The van der Waals surface area contributed by atoms with Crippen molar-refractivity contribution in [2.24, 2.45) is 0 Å². The second kappa shape index (κ2) is 6.54. The van der Waals surface area contributed by atoms with Gasteiger partial charge in [-0.15, -0.1) is 0 Å². The van der Waals surface area contributed by atoms with E-state index in [1.54, 1.807) is 18.0 Å². The van der Waals surface area contributed by atoms with Crippen LogP contribution in [0.2, 0.25) is 0 Å². The molecule has 22 heavy (non-hydrogen) atoms. The third-order valence-corrected chi connectivity index (χ3v) is 5.05. The van der Waals surface area contributed by atoms with Gasteiger partial charge >= 0.3 is 0 Å². The standard InChI is InChI=1S/C16H19N3O2S/c20-15(16(21)6-9-22-12-16)17-10-13-4-1-2-5-14(13)11-19-8-3-7-18-19/h1-5,7-8,21H,6,9-12H2,(H,17,20). The molecule has 2 heterocycles. The first kappa shape index (κ1) is 15.1. The van der Waals surface area contributed by atoms with Gasteiger partial charge in [-0.3, -0.25) is 9.48 Å². The van der Waals surface area contributed by atoms with Crippen LogP contribution < -0.4 is 5.32 Å². The highest BCUT2D eigenvalue weighted by atomic mass is 32.2. The Morgan fingerprint density at radius 2 is 2.18 bits per heavy atom. The summed E-state index contributed by atoms with van der Waals surface area (Å²) >= 11 is 1.61.